The summed E-state index contributed by atoms with van der Waals surface area (Å²) in [5.41, 5.74) is 0.860. The van der Waals surface area contributed by atoms with Crippen LogP contribution in [-0.4, -0.2) is 34.4 Å². The summed E-state index contributed by atoms with van der Waals surface area (Å²) >= 11 is -0.543. The molecule has 0 fully saturated rings. The first-order valence-corrected chi connectivity index (χ1v) is 20.4. The van der Waals surface area contributed by atoms with Crippen molar-refractivity contribution in [2.24, 2.45) is 0 Å². The van der Waals surface area contributed by atoms with Gasteiger partial charge < -0.3 is 4.43 Å². The SMILES string of the molecule is C=CC(c1ccccc1)C(C)(C)O[Si](c1ccccc1)c1ccccc1.[CH3][Sn]([CH3])[CH3]. The van der Waals surface area contributed by atoms with Crippen LogP contribution in [-0.2, 0) is 4.43 Å². The van der Waals surface area contributed by atoms with Gasteiger partial charge in [0, 0.05) is 5.92 Å². The second-order valence-electron chi connectivity index (χ2n) is 8.39. The van der Waals surface area contributed by atoms with E-state index in [4.69, 9.17) is 4.43 Å². The first-order valence-electron chi connectivity index (χ1n) is 10.5. The summed E-state index contributed by atoms with van der Waals surface area (Å²) in [6.07, 6.45) is 2.00. The topological polar surface area (TPSA) is 9.23 Å². The molecule has 0 bridgehead atoms. The normalized spacial score (nSPS) is 12.2. The number of rotatable bonds is 7. The number of benzene rings is 3. The van der Waals surface area contributed by atoms with Crippen LogP contribution in [0.15, 0.2) is 104 Å². The summed E-state index contributed by atoms with van der Waals surface area (Å²) < 4.78 is 6.85. The van der Waals surface area contributed by atoms with Crippen molar-refractivity contribution < 1.29 is 4.43 Å². The van der Waals surface area contributed by atoms with E-state index in [2.05, 4.69) is 120 Å². The van der Waals surface area contributed by atoms with Crippen LogP contribution in [0.5, 0.6) is 0 Å². The molecule has 3 aromatic rings. The van der Waals surface area contributed by atoms with Gasteiger partial charge in [-0.1, -0.05) is 97.1 Å². The van der Waals surface area contributed by atoms with Gasteiger partial charge in [0.2, 0.25) is 0 Å². The van der Waals surface area contributed by atoms with Gasteiger partial charge in [0.1, 0.15) is 0 Å². The quantitative estimate of drug-likeness (QED) is 0.277. The van der Waals surface area contributed by atoms with Crippen LogP contribution in [0.2, 0.25) is 14.8 Å². The maximum absolute atomic E-state index is 6.85. The van der Waals surface area contributed by atoms with Crippen LogP contribution in [0.4, 0.5) is 0 Å². The monoisotopic (exact) mass is 522 g/mol. The van der Waals surface area contributed by atoms with E-state index < -0.39 is 28.8 Å². The van der Waals surface area contributed by atoms with Crippen LogP contribution in [0, 0.1) is 0 Å². The Hall–Kier alpha value is -1.62. The van der Waals surface area contributed by atoms with E-state index in [9.17, 15) is 0 Å². The van der Waals surface area contributed by atoms with Crippen molar-refractivity contribution in [3.05, 3.63) is 109 Å². The van der Waals surface area contributed by atoms with Crippen molar-refractivity contribution in [2.45, 2.75) is 40.2 Å². The Bertz CT molecular complexity index is 821. The zero-order valence-corrected chi connectivity index (χ0v) is 22.8. The van der Waals surface area contributed by atoms with E-state index >= 15 is 0 Å². The van der Waals surface area contributed by atoms with Crippen molar-refractivity contribution in [3.8, 4) is 0 Å². The van der Waals surface area contributed by atoms with E-state index in [-0.39, 0.29) is 11.5 Å². The van der Waals surface area contributed by atoms with Gasteiger partial charge in [-0.05, 0) is 29.8 Å². The zero-order chi connectivity index (χ0) is 22.0. The van der Waals surface area contributed by atoms with Gasteiger partial charge in [0.15, 0.2) is 0 Å². The molecule has 2 radical (unpaired) electrons. The molecule has 1 nitrogen and oxygen atoms in total. The molecule has 0 N–H and O–H groups in total. The minimum atomic E-state index is -1.37. The molecule has 0 saturated heterocycles. The third kappa shape index (κ3) is 7.57. The Kier molecular flexibility index (Phi) is 10.1. The van der Waals surface area contributed by atoms with Gasteiger partial charge in [0.25, 0.3) is 9.04 Å². The van der Waals surface area contributed by atoms with Gasteiger partial charge in [-0.25, -0.2) is 0 Å². The van der Waals surface area contributed by atoms with E-state index in [0.29, 0.717) is 0 Å². The molecule has 1 unspecified atom stereocenters. The molecule has 0 aliphatic rings. The second kappa shape index (κ2) is 12.3. The predicted molar refractivity (Wildman–Crippen MR) is 136 cm³/mol. The molecule has 3 rings (SSSR count). The summed E-state index contributed by atoms with van der Waals surface area (Å²) in [7, 11) is -1.37. The molecule has 0 spiro atoms. The van der Waals surface area contributed by atoms with Gasteiger partial charge in [-0.15, -0.1) is 6.58 Å². The number of hydrogen-bond donors (Lipinski definition) is 0. The molecule has 0 heterocycles. The molecule has 0 amide bonds. The Morgan fingerprint density at radius 2 is 1.13 bits per heavy atom. The fraction of sp³-hybridized carbons (Fsp3) is 0.259. The van der Waals surface area contributed by atoms with Crippen LogP contribution >= 0.6 is 0 Å². The molecule has 156 valence electrons. The zero-order valence-electron chi connectivity index (χ0n) is 18.9. The first-order chi connectivity index (χ1) is 14.3. The molecule has 0 aliphatic heterocycles. The average molecular weight is 521 g/mol. The van der Waals surface area contributed by atoms with E-state index in [1.807, 2.05) is 12.1 Å². The molecule has 3 aromatic carbocycles. The van der Waals surface area contributed by atoms with E-state index in [0.717, 1.165) is 0 Å². The van der Waals surface area contributed by atoms with Crippen molar-refractivity contribution in [1.29, 1.82) is 0 Å². The predicted octanol–water partition coefficient (Wildman–Crippen LogP) is 5.93. The Morgan fingerprint density at radius 1 is 0.767 bits per heavy atom. The maximum atomic E-state index is 6.85. The Labute approximate surface area is 192 Å². The molecule has 1 atom stereocenters. The summed E-state index contributed by atoms with van der Waals surface area (Å²) in [5.74, 6) is 0.121. The summed E-state index contributed by atoms with van der Waals surface area (Å²) in [4.78, 5) is 7.09. The van der Waals surface area contributed by atoms with Gasteiger partial charge in [-0.2, -0.15) is 0 Å². The molecule has 30 heavy (non-hydrogen) atoms. The Morgan fingerprint density at radius 3 is 1.50 bits per heavy atom. The fourth-order valence-corrected chi connectivity index (χ4v) is 5.48. The molecule has 0 saturated carbocycles. The van der Waals surface area contributed by atoms with Crippen molar-refractivity contribution in [1.82, 2.24) is 0 Å². The van der Waals surface area contributed by atoms with Crippen LogP contribution < -0.4 is 10.4 Å². The molecule has 0 aromatic heterocycles. The third-order valence-corrected chi connectivity index (χ3v) is 7.03. The molecule has 0 aliphatic carbocycles. The van der Waals surface area contributed by atoms with Gasteiger partial charge >= 0.3 is 34.6 Å². The molecular weight excluding hydrogens is 487 g/mol. The van der Waals surface area contributed by atoms with Crippen molar-refractivity contribution in [3.63, 3.8) is 0 Å². The van der Waals surface area contributed by atoms with Gasteiger partial charge in [-0.3, -0.25) is 0 Å². The van der Waals surface area contributed by atoms with Crippen LogP contribution in [0.1, 0.15) is 25.3 Å². The van der Waals surface area contributed by atoms with Crippen molar-refractivity contribution in [2.75, 3.05) is 0 Å². The van der Waals surface area contributed by atoms with E-state index in [1.165, 1.54) is 15.9 Å². The second-order valence-corrected chi connectivity index (χ2v) is 19.0. The third-order valence-electron chi connectivity index (χ3n) is 4.58. The average Bonchev–Trinajstić information content (AvgIpc) is 2.74. The van der Waals surface area contributed by atoms with Crippen LogP contribution in [0.3, 0.4) is 0 Å². The van der Waals surface area contributed by atoms with Crippen molar-refractivity contribution >= 4 is 39.2 Å². The summed E-state index contributed by atoms with van der Waals surface area (Å²) in [5, 5.41) is 2.51. The minimum absolute atomic E-state index is 0.121. The van der Waals surface area contributed by atoms with E-state index in [1.54, 1.807) is 0 Å². The first kappa shape index (κ1) is 24.6. The molecule has 3 heteroatoms. The standard InChI is InChI=1S/C24H25OSi.3CH3.Sn/c1-4-23(20-14-8-5-9-15-20)24(2,3)25-26(21-16-10-6-11-17-21)22-18-12-7-13-19-22;;;;/h4-19,23H,1H2,2-3H3;3*1H3;. The number of hydrogen-bond acceptors (Lipinski definition) is 1. The fourth-order valence-electron chi connectivity index (χ4n) is 3.27. The Balaban J connectivity index is 0.000000735. The molecular formula is C27H34OSiSn. The summed E-state index contributed by atoms with van der Waals surface area (Å²) in [6.45, 7) is 8.43. The van der Waals surface area contributed by atoms with Crippen LogP contribution in [0.25, 0.3) is 0 Å². The summed E-state index contributed by atoms with van der Waals surface area (Å²) in [6, 6.07) is 31.6. The van der Waals surface area contributed by atoms with Gasteiger partial charge in [0.05, 0.1) is 5.60 Å².